The van der Waals surface area contributed by atoms with E-state index in [1.54, 1.807) is 18.0 Å². The third-order valence-corrected chi connectivity index (χ3v) is 4.61. The first kappa shape index (κ1) is 11.8. The van der Waals surface area contributed by atoms with Crippen molar-refractivity contribution in [1.29, 1.82) is 0 Å². The molecule has 2 N–H and O–H groups in total. The van der Waals surface area contributed by atoms with Gasteiger partial charge in [-0.25, -0.2) is 9.97 Å². The summed E-state index contributed by atoms with van der Waals surface area (Å²) in [6.45, 7) is 0. The summed E-state index contributed by atoms with van der Waals surface area (Å²) in [5.41, 5.74) is 7.50. The predicted octanol–water partition coefficient (Wildman–Crippen LogP) is 3.32. The first-order valence-corrected chi connectivity index (χ1v) is 7.36. The topological polar surface area (TPSA) is 56.2 Å². The van der Waals surface area contributed by atoms with Gasteiger partial charge in [-0.3, -0.25) is 0 Å². The standard InChI is InChI=1S/C11H9ClN4S2/c12-7-1-2-9-15-8(5-16(9)4-7)6-17-10-3-14-11(13)18-10/h1-5H,6H2,(H2,13,14). The molecule has 0 aromatic carbocycles. The van der Waals surface area contributed by atoms with Gasteiger partial charge in [0, 0.05) is 18.1 Å². The van der Waals surface area contributed by atoms with E-state index in [0.717, 1.165) is 21.3 Å². The second-order valence-electron chi connectivity index (χ2n) is 3.65. The highest BCUT2D eigenvalue weighted by Crippen LogP contribution is 2.29. The van der Waals surface area contributed by atoms with Crippen molar-refractivity contribution in [2.24, 2.45) is 0 Å². The minimum absolute atomic E-state index is 0.597. The Balaban J connectivity index is 1.78. The molecule has 7 heteroatoms. The number of hydrogen-bond acceptors (Lipinski definition) is 5. The summed E-state index contributed by atoms with van der Waals surface area (Å²) in [5.74, 6) is 0.793. The Kier molecular flexibility index (Phi) is 3.15. The first-order valence-electron chi connectivity index (χ1n) is 5.18. The van der Waals surface area contributed by atoms with Crippen LogP contribution in [0.25, 0.3) is 5.65 Å². The molecule has 0 atom stereocenters. The number of nitrogens with two attached hydrogens (primary N) is 1. The van der Waals surface area contributed by atoms with Crippen LogP contribution >= 0.6 is 34.7 Å². The van der Waals surface area contributed by atoms with Crippen molar-refractivity contribution in [2.75, 3.05) is 5.73 Å². The molecule has 3 heterocycles. The molecule has 0 saturated heterocycles. The number of fused-ring (bicyclic) bond motifs is 1. The molecule has 0 fully saturated rings. The molecule has 3 rings (SSSR count). The fourth-order valence-corrected chi connectivity index (χ4v) is 3.38. The zero-order valence-corrected chi connectivity index (χ0v) is 11.6. The molecular weight excluding hydrogens is 288 g/mol. The molecule has 18 heavy (non-hydrogen) atoms. The summed E-state index contributed by atoms with van der Waals surface area (Å²) in [4.78, 5) is 8.53. The van der Waals surface area contributed by atoms with Gasteiger partial charge in [-0.2, -0.15) is 0 Å². The van der Waals surface area contributed by atoms with Crippen molar-refractivity contribution in [3.8, 4) is 0 Å². The van der Waals surface area contributed by atoms with E-state index in [1.165, 1.54) is 11.3 Å². The van der Waals surface area contributed by atoms with Gasteiger partial charge in [-0.15, -0.1) is 11.8 Å². The third-order valence-electron chi connectivity index (χ3n) is 2.33. The number of anilines is 1. The smallest absolute Gasteiger partial charge is 0.181 e. The Morgan fingerprint density at radius 3 is 3.06 bits per heavy atom. The second kappa shape index (κ2) is 4.79. The zero-order valence-electron chi connectivity index (χ0n) is 9.21. The Bertz CT molecular complexity index is 691. The van der Waals surface area contributed by atoms with Crippen LogP contribution in [0.15, 0.2) is 34.9 Å². The summed E-state index contributed by atoms with van der Waals surface area (Å²) < 4.78 is 3.03. The quantitative estimate of drug-likeness (QED) is 0.753. The average Bonchev–Trinajstić information content (AvgIpc) is 2.92. The largest absolute Gasteiger partial charge is 0.375 e. The maximum absolute atomic E-state index is 5.93. The monoisotopic (exact) mass is 296 g/mol. The number of nitrogens with zero attached hydrogens (tertiary/aromatic N) is 3. The summed E-state index contributed by atoms with van der Waals surface area (Å²) in [5, 5.41) is 1.30. The number of imidazole rings is 1. The number of thiazole rings is 1. The van der Waals surface area contributed by atoms with Crippen LogP contribution in [0.3, 0.4) is 0 Å². The van der Waals surface area contributed by atoms with Gasteiger partial charge in [0.1, 0.15) is 5.65 Å². The van der Waals surface area contributed by atoms with Crippen molar-refractivity contribution >= 4 is 45.5 Å². The van der Waals surface area contributed by atoms with Gasteiger partial charge in [-0.1, -0.05) is 22.9 Å². The fraction of sp³-hybridized carbons (Fsp3) is 0.0909. The van der Waals surface area contributed by atoms with Crippen LogP contribution < -0.4 is 5.73 Å². The fourth-order valence-electron chi connectivity index (χ4n) is 1.57. The number of pyridine rings is 1. The van der Waals surface area contributed by atoms with Crippen LogP contribution in [0.4, 0.5) is 5.13 Å². The van der Waals surface area contributed by atoms with E-state index < -0.39 is 0 Å². The minimum Gasteiger partial charge on any atom is -0.375 e. The molecule has 0 spiro atoms. The molecule has 0 amide bonds. The maximum atomic E-state index is 5.93. The molecule has 3 aromatic heterocycles. The normalized spacial score (nSPS) is 11.2. The lowest BCUT2D eigenvalue weighted by Crippen LogP contribution is -1.79. The molecule has 0 aliphatic rings. The van der Waals surface area contributed by atoms with Gasteiger partial charge in [0.2, 0.25) is 0 Å². The van der Waals surface area contributed by atoms with Gasteiger partial charge >= 0.3 is 0 Å². The van der Waals surface area contributed by atoms with Crippen LogP contribution in [-0.2, 0) is 5.75 Å². The van der Waals surface area contributed by atoms with Crippen molar-refractivity contribution < 1.29 is 0 Å². The third kappa shape index (κ3) is 2.45. The van der Waals surface area contributed by atoms with E-state index in [0.29, 0.717) is 10.2 Å². The summed E-state index contributed by atoms with van der Waals surface area (Å²) in [7, 11) is 0. The van der Waals surface area contributed by atoms with Crippen LogP contribution in [0.2, 0.25) is 5.02 Å². The average molecular weight is 297 g/mol. The molecule has 0 aliphatic heterocycles. The molecule has 0 saturated carbocycles. The van der Waals surface area contributed by atoms with Crippen molar-refractivity contribution in [3.63, 3.8) is 0 Å². The summed E-state index contributed by atoms with van der Waals surface area (Å²) >= 11 is 9.10. The highest BCUT2D eigenvalue weighted by atomic mass is 35.5. The molecule has 0 bridgehead atoms. The SMILES string of the molecule is Nc1ncc(SCc2cn3cc(Cl)ccc3n2)s1. The summed E-state index contributed by atoms with van der Waals surface area (Å²) in [6.07, 6.45) is 5.62. The number of nitrogen functional groups attached to an aromatic ring is 1. The first-order chi connectivity index (χ1) is 8.70. The molecule has 4 nitrogen and oxygen atoms in total. The minimum atomic E-state index is 0.597. The molecule has 0 unspecified atom stereocenters. The Labute approximate surface area is 117 Å². The number of halogens is 1. The Morgan fingerprint density at radius 2 is 2.28 bits per heavy atom. The van der Waals surface area contributed by atoms with Gasteiger partial charge in [0.15, 0.2) is 5.13 Å². The van der Waals surface area contributed by atoms with Crippen molar-refractivity contribution in [1.82, 2.24) is 14.4 Å². The van der Waals surface area contributed by atoms with Gasteiger partial charge < -0.3 is 10.1 Å². The Morgan fingerprint density at radius 1 is 1.39 bits per heavy atom. The Hall–Kier alpha value is -1.24. The van der Waals surface area contributed by atoms with E-state index in [-0.39, 0.29) is 0 Å². The van der Waals surface area contributed by atoms with Crippen molar-refractivity contribution in [2.45, 2.75) is 9.96 Å². The van der Waals surface area contributed by atoms with Crippen LogP contribution in [-0.4, -0.2) is 14.4 Å². The maximum Gasteiger partial charge on any atom is 0.181 e. The van der Waals surface area contributed by atoms with E-state index in [9.17, 15) is 0 Å². The van der Waals surface area contributed by atoms with Crippen LogP contribution in [0.1, 0.15) is 5.69 Å². The van der Waals surface area contributed by atoms with E-state index in [2.05, 4.69) is 9.97 Å². The van der Waals surface area contributed by atoms with E-state index in [4.69, 9.17) is 17.3 Å². The van der Waals surface area contributed by atoms with E-state index >= 15 is 0 Å². The second-order valence-corrected chi connectivity index (χ2v) is 6.43. The lowest BCUT2D eigenvalue weighted by atomic mass is 10.5. The number of thioether (sulfide) groups is 1. The van der Waals surface area contributed by atoms with E-state index in [1.807, 2.05) is 28.9 Å². The molecule has 0 radical (unpaired) electrons. The predicted molar refractivity (Wildman–Crippen MR) is 76.3 cm³/mol. The van der Waals surface area contributed by atoms with Crippen molar-refractivity contribution in [3.05, 3.63) is 41.4 Å². The molecular formula is C11H9ClN4S2. The molecule has 92 valence electrons. The summed E-state index contributed by atoms with van der Waals surface area (Å²) in [6, 6.07) is 3.74. The zero-order chi connectivity index (χ0) is 12.5. The molecule has 3 aromatic rings. The van der Waals surface area contributed by atoms with Crippen LogP contribution in [0, 0.1) is 0 Å². The highest BCUT2D eigenvalue weighted by molar-refractivity contribution is 8.00. The number of aromatic nitrogens is 3. The molecule has 0 aliphatic carbocycles. The van der Waals surface area contributed by atoms with Crippen LogP contribution in [0.5, 0.6) is 0 Å². The lowest BCUT2D eigenvalue weighted by molar-refractivity contribution is 1.18. The van der Waals surface area contributed by atoms with Gasteiger partial charge in [0.25, 0.3) is 0 Å². The highest BCUT2D eigenvalue weighted by Gasteiger charge is 2.05. The van der Waals surface area contributed by atoms with Gasteiger partial charge in [-0.05, 0) is 12.1 Å². The number of hydrogen-bond donors (Lipinski definition) is 1. The van der Waals surface area contributed by atoms with Gasteiger partial charge in [0.05, 0.1) is 21.1 Å². The number of rotatable bonds is 3. The lowest BCUT2D eigenvalue weighted by Gasteiger charge is -1.92.